The van der Waals surface area contributed by atoms with Gasteiger partial charge in [0.25, 0.3) is 0 Å². The molecule has 3 aromatic rings. The number of benzene rings is 2. The second-order valence-electron chi connectivity index (χ2n) is 5.93. The van der Waals surface area contributed by atoms with Crippen LogP contribution in [0, 0.1) is 6.92 Å². The van der Waals surface area contributed by atoms with E-state index in [2.05, 4.69) is 20.6 Å². The van der Waals surface area contributed by atoms with Gasteiger partial charge in [0.1, 0.15) is 5.82 Å². The number of carbonyl (C=O) groups is 1. The van der Waals surface area contributed by atoms with Crippen molar-refractivity contribution in [2.45, 2.75) is 13.1 Å². The molecule has 0 unspecified atom stereocenters. The molecule has 9 heteroatoms. The minimum absolute atomic E-state index is 0.129. The molecule has 144 valence electrons. The molecule has 2 aromatic carbocycles. The highest BCUT2D eigenvalue weighted by Gasteiger charge is 2.30. The fourth-order valence-corrected chi connectivity index (χ4v) is 2.43. The molecule has 3 N–H and O–H groups in total. The van der Waals surface area contributed by atoms with E-state index in [9.17, 15) is 18.0 Å². The number of carboxylic acid groups (broad SMARTS) is 1. The van der Waals surface area contributed by atoms with Crippen LogP contribution in [0.3, 0.4) is 0 Å². The molecule has 0 aliphatic heterocycles. The van der Waals surface area contributed by atoms with E-state index in [-0.39, 0.29) is 17.2 Å². The minimum atomic E-state index is -4.44. The molecular formula is C19H15F3N4O2. The van der Waals surface area contributed by atoms with Crippen LogP contribution in [0.15, 0.2) is 54.6 Å². The van der Waals surface area contributed by atoms with Gasteiger partial charge in [0.15, 0.2) is 0 Å². The molecule has 0 fully saturated rings. The molecule has 28 heavy (non-hydrogen) atoms. The van der Waals surface area contributed by atoms with Gasteiger partial charge in [-0.2, -0.15) is 18.2 Å². The van der Waals surface area contributed by atoms with Crippen LogP contribution in [-0.4, -0.2) is 21.0 Å². The largest absolute Gasteiger partial charge is 0.478 e. The van der Waals surface area contributed by atoms with E-state index in [1.54, 1.807) is 25.1 Å². The lowest BCUT2D eigenvalue weighted by atomic mass is 10.2. The molecule has 6 nitrogen and oxygen atoms in total. The van der Waals surface area contributed by atoms with E-state index in [1.165, 1.54) is 24.3 Å². The fraction of sp³-hybridized carbons (Fsp3) is 0.105. The van der Waals surface area contributed by atoms with Crippen molar-refractivity contribution in [2.75, 3.05) is 10.6 Å². The summed E-state index contributed by atoms with van der Waals surface area (Å²) in [7, 11) is 0. The van der Waals surface area contributed by atoms with Crippen LogP contribution in [0.4, 0.5) is 36.3 Å². The Balaban J connectivity index is 1.81. The molecule has 0 saturated heterocycles. The fourth-order valence-electron chi connectivity index (χ4n) is 2.43. The zero-order valence-corrected chi connectivity index (χ0v) is 14.6. The first-order chi connectivity index (χ1) is 13.2. The second kappa shape index (κ2) is 7.55. The van der Waals surface area contributed by atoms with Crippen LogP contribution in [-0.2, 0) is 6.18 Å². The van der Waals surface area contributed by atoms with Gasteiger partial charge < -0.3 is 15.7 Å². The Morgan fingerprint density at radius 1 is 0.964 bits per heavy atom. The quantitative estimate of drug-likeness (QED) is 0.571. The predicted octanol–water partition coefficient (Wildman–Crippen LogP) is 4.99. The Bertz CT molecular complexity index is 1000. The van der Waals surface area contributed by atoms with Crippen LogP contribution < -0.4 is 10.6 Å². The summed E-state index contributed by atoms with van der Waals surface area (Å²) in [5.41, 5.74) is 0.776. The average molecular weight is 388 g/mol. The Labute approximate surface area is 158 Å². The number of aryl methyl sites for hydroxylation is 1. The van der Waals surface area contributed by atoms with Crippen LogP contribution >= 0.6 is 0 Å². The van der Waals surface area contributed by atoms with Crippen LogP contribution in [0.1, 0.15) is 21.6 Å². The molecular weight excluding hydrogens is 373 g/mol. The van der Waals surface area contributed by atoms with Gasteiger partial charge in [-0.25, -0.2) is 9.78 Å². The average Bonchev–Trinajstić information content (AvgIpc) is 2.61. The molecule has 0 aliphatic carbocycles. The number of alkyl halides is 3. The van der Waals surface area contributed by atoms with Crippen molar-refractivity contribution in [2.24, 2.45) is 0 Å². The number of nitrogens with zero attached hydrogens (tertiary/aromatic N) is 2. The van der Waals surface area contributed by atoms with Crippen LogP contribution in [0.5, 0.6) is 0 Å². The number of aromatic nitrogens is 2. The Morgan fingerprint density at radius 3 is 2.32 bits per heavy atom. The zero-order chi connectivity index (χ0) is 20.3. The lowest BCUT2D eigenvalue weighted by Crippen LogP contribution is -2.06. The summed E-state index contributed by atoms with van der Waals surface area (Å²) in [6.45, 7) is 1.72. The third-order valence-electron chi connectivity index (χ3n) is 3.70. The smallest absolute Gasteiger partial charge is 0.416 e. The van der Waals surface area contributed by atoms with E-state index >= 15 is 0 Å². The number of anilines is 4. The van der Waals surface area contributed by atoms with E-state index in [0.29, 0.717) is 17.2 Å². The van der Waals surface area contributed by atoms with Gasteiger partial charge in [-0.05, 0) is 49.4 Å². The normalized spacial score (nSPS) is 11.1. The van der Waals surface area contributed by atoms with Gasteiger partial charge in [0, 0.05) is 23.1 Å². The Kier molecular flexibility index (Phi) is 5.16. The maximum absolute atomic E-state index is 12.8. The van der Waals surface area contributed by atoms with Gasteiger partial charge in [0.05, 0.1) is 11.1 Å². The lowest BCUT2D eigenvalue weighted by Gasteiger charge is -2.12. The first-order valence-electron chi connectivity index (χ1n) is 8.11. The third kappa shape index (κ3) is 4.76. The van der Waals surface area contributed by atoms with Crippen molar-refractivity contribution in [1.29, 1.82) is 0 Å². The Morgan fingerprint density at radius 2 is 1.68 bits per heavy atom. The van der Waals surface area contributed by atoms with Gasteiger partial charge in [0.2, 0.25) is 5.95 Å². The summed E-state index contributed by atoms with van der Waals surface area (Å²) < 4.78 is 38.5. The van der Waals surface area contributed by atoms with E-state index in [1.807, 2.05) is 0 Å². The van der Waals surface area contributed by atoms with Gasteiger partial charge in [-0.3, -0.25) is 0 Å². The van der Waals surface area contributed by atoms with E-state index < -0.39 is 17.7 Å². The van der Waals surface area contributed by atoms with Gasteiger partial charge in [-0.1, -0.05) is 6.07 Å². The summed E-state index contributed by atoms with van der Waals surface area (Å²) in [5.74, 6) is -0.494. The molecule has 0 atom stereocenters. The van der Waals surface area contributed by atoms with Gasteiger partial charge >= 0.3 is 12.1 Å². The standard InChI is InChI=1S/C19H15F3N4O2/c1-11-9-16(24-14-7-5-12(6-8-14)17(27)28)26-18(23-11)25-15-4-2-3-13(10-15)19(20,21)22/h2-10H,1H3,(H,27,28)(H2,23,24,25,26). The van der Waals surface area contributed by atoms with Crippen molar-refractivity contribution in [3.05, 3.63) is 71.4 Å². The first-order valence-corrected chi connectivity index (χ1v) is 8.11. The van der Waals surface area contributed by atoms with Gasteiger partial charge in [-0.15, -0.1) is 0 Å². The van der Waals surface area contributed by atoms with Crippen molar-refractivity contribution < 1.29 is 23.1 Å². The van der Waals surface area contributed by atoms with Crippen LogP contribution in [0.25, 0.3) is 0 Å². The molecule has 0 radical (unpaired) electrons. The highest BCUT2D eigenvalue weighted by molar-refractivity contribution is 5.88. The predicted molar refractivity (Wildman–Crippen MR) is 98.2 cm³/mol. The number of halogens is 3. The maximum Gasteiger partial charge on any atom is 0.416 e. The first kappa shape index (κ1) is 19.2. The number of carboxylic acids is 1. The molecule has 0 bridgehead atoms. The number of nitrogens with one attached hydrogen (secondary N) is 2. The highest BCUT2D eigenvalue weighted by Crippen LogP contribution is 2.31. The SMILES string of the molecule is Cc1cc(Nc2ccc(C(=O)O)cc2)nc(Nc2cccc(C(F)(F)F)c2)n1. The monoisotopic (exact) mass is 388 g/mol. The number of hydrogen-bond acceptors (Lipinski definition) is 5. The number of rotatable bonds is 5. The molecule has 1 aromatic heterocycles. The molecule has 0 aliphatic rings. The van der Waals surface area contributed by atoms with E-state index in [4.69, 9.17) is 5.11 Å². The summed E-state index contributed by atoms with van der Waals surface area (Å²) in [5, 5.41) is 14.7. The summed E-state index contributed by atoms with van der Waals surface area (Å²) in [4.78, 5) is 19.3. The molecule has 0 spiro atoms. The van der Waals surface area contributed by atoms with Crippen molar-refractivity contribution in [3.8, 4) is 0 Å². The maximum atomic E-state index is 12.8. The summed E-state index contributed by atoms with van der Waals surface area (Å²) in [6.07, 6.45) is -4.44. The molecule has 0 saturated carbocycles. The second-order valence-corrected chi connectivity index (χ2v) is 5.93. The van der Waals surface area contributed by atoms with Crippen molar-refractivity contribution >= 4 is 29.1 Å². The van der Waals surface area contributed by atoms with Crippen molar-refractivity contribution in [3.63, 3.8) is 0 Å². The molecule has 1 heterocycles. The van der Waals surface area contributed by atoms with Crippen molar-refractivity contribution in [1.82, 2.24) is 9.97 Å². The number of aromatic carboxylic acids is 1. The summed E-state index contributed by atoms with van der Waals surface area (Å²) in [6, 6.07) is 12.5. The Hall–Kier alpha value is -3.62. The highest BCUT2D eigenvalue weighted by atomic mass is 19.4. The van der Waals surface area contributed by atoms with Crippen LogP contribution in [0.2, 0.25) is 0 Å². The minimum Gasteiger partial charge on any atom is -0.478 e. The number of hydrogen-bond donors (Lipinski definition) is 3. The topological polar surface area (TPSA) is 87.1 Å². The zero-order valence-electron chi connectivity index (χ0n) is 14.6. The lowest BCUT2D eigenvalue weighted by molar-refractivity contribution is -0.137. The third-order valence-corrected chi connectivity index (χ3v) is 3.70. The van der Waals surface area contributed by atoms with E-state index in [0.717, 1.165) is 12.1 Å². The molecule has 0 amide bonds. The summed E-state index contributed by atoms with van der Waals surface area (Å²) >= 11 is 0. The molecule has 3 rings (SSSR count).